The molecular weight excluding hydrogens is 768 g/mol. The summed E-state index contributed by atoms with van der Waals surface area (Å²) in [6.07, 6.45) is 4.68. The maximum atomic E-state index is 12.8. The number of hydrogen-bond acceptors (Lipinski definition) is 18. The van der Waals surface area contributed by atoms with Gasteiger partial charge in [0.05, 0.1) is 26.2 Å². The zero-order valence-electron chi connectivity index (χ0n) is 31.8. The Morgan fingerprint density at radius 2 is 0.810 bits per heavy atom. The molecule has 306 valence electrons. The Bertz CT molecular complexity index is 1890. The highest BCUT2D eigenvalue weighted by atomic mass is 16.6. The van der Waals surface area contributed by atoms with Gasteiger partial charge in [0.1, 0.15) is 0 Å². The summed E-state index contributed by atoms with van der Waals surface area (Å²) in [5.74, 6) is -7.07. The number of carbonyl (C=O) groups is 10. The van der Waals surface area contributed by atoms with Gasteiger partial charge in [-0.2, -0.15) is 0 Å². The number of nitrogens with zero attached hydrogens (tertiary/aromatic N) is 4. The molecule has 0 radical (unpaired) electrons. The van der Waals surface area contributed by atoms with Crippen molar-refractivity contribution in [2.24, 2.45) is 0 Å². The molecular formula is C38H38N4O16. The number of imide groups is 2. The SMILES string of the molecule is CC(=O)Oc1ccc(/C=C/C(=O)OCN2C(=O)CN(CCN3CC(=O)N(COC(=O)/C=C/c4ccc(OC(C)=O)c(OC(C)=O)c4)C(=O)C3)CC2=O)cc1OC(C)=O. The van der Waals surface area contributed by atoms with Crippen molar-refractivity contribution in [3.63, 3.8) is 0 Å². The summed E-state index contributed by atoms with van der Waals surface area (Å²) in [5, 5.41) is 0. The zero-order chi connectivity index (χ0) is 42.5. The van der Waals surface area contributed by atoms with Crippen molar-refractivity contribution in [3.05, 3.63) is 59.7 Å². The van der Waals surface area contributed by atoms with Gasteiger partial charge in [0, 0.05) is 52.9 Å². The molecule has 4 amide bonds. The van der Waals surface area contributed by atoms with Crippen LogP contribution >= 0.6 is 0 Å². The lowest BCUT2D eigenvalue weighted by Gasteiger charge is -2.35. The first kappa shape index (κ1) is 43.7. The van der Waals surface area contributed by atoms with Gasteiger partial charge in [-0.25, -0.2) is 19.4 Å². The van der Waals surface area contributed by atoms with E-state index in [1.807, 2.05) is 0 Å². The molecule has 2 aromatic rings. The van der Waals surface area contributed by atoms with Crippen molar-refractivity contribution in [3.8, 4) is 23.0 Å². The third-order valence-electron chi connectivity index (χ3n) is 7.82. The lowest BCUT2D eigenvalue weighted by atomic mass is 10.2. The molecule has 0 saturated carbocycles. The van der Waals surface area contributed by atoms with Crippen LogP contribution in [0.3, 0.4) is 0 Å². The van der Waals surface area contributed by atoms with Crippen molar-refractivity contribution in [1.82, 2.24) is 19.6 Å². The molecule has 2 aliphatic heterocycles. The molecule has 4 rings (SSSR count). The Morgan fingerprint density at radius 1 is 0.500 bits per heavy atom. The number of esters is 6. The Labute approximate surface area is 330 Å². The minimum atomic E-state index is -0.888. The molecule has 2 aromatic carbocycles. The van der Waals surface area contributed by atoms with Gasteiger partial charge in [-0.1, -0.05) is 12.1 Å². The highest BCUT2D eigenvalue weighted by Crippen LogP contribution is 2.30. The van der Waals surface area contributed by atoms with Gasteiger partial charge in [0.15, 0.2) is 36.5 Å². The molecule has 2 aliphatic rings. The Hall–Kier alpha value is -7.06. The van der Waals surface area contributed by atoms with Crippen molar-refractivity contribution in [2.75, 3.05) is 52.7 Å². The number of amides is 4. The standard InChI is InChI=1S/C38H38N4O16/c1-23(43)55-29-9-5-27(15-31(29)57-25(3)45)7-11-37(51)53-21-41-33(47)17-39(18-34(41)48)13-14-40-19-35(49)42(36(50)20-40)22-54-38(52)12-8-28-6-10-30(56-24(2)44)32(16-28)58-26(4)46/h5-12,15-16H,13-14,17-22H2,1-4H3/b11-7+,12-8+. The molecule has 0 aliphatic carbocycles. The van der Waals surface area contributed by atoms with Crippen LogP contribution in [0.5, 0.6) is 23.0 Å². The molecule has 0 spiro atoms. The van der Waals surface area contributed by atoms with E-state index in [1.165, 1.54) is 72.2 Å². The average molecular weight is 807 g/mol. The van der Waals surface area contributed by atoms with Crippen LogP contribution in [-0.4, -0.2) is 132 Å². The first-order valence-corrected chi connectivity index (χ1v) is 17.3. The minimum Gasteiger partial charge on any atom is -0.441 e. The molecule has 0 N–H and O–H groups in total. The topological polar surface area (TPSA) is 239 Å². The fourth-order valence-electron chi connectivity index (χ4n) is 5.27. The van der Waals surface area contributed by atoms with E-state index in [1.54, 1.807) is 0 Å². The van der Waals surface area contributed by atoms with E-state index >= 15 is 0 Å². The maximum absolute atomic E-state index is 12.8. The number of rotatable bonds is 15. The lowest BCUT2D eigenvalue weighted by Crippen LogP contribution is -2.58. The first-order valence-electron chi connectivity index (χ1n) is 17.3. The van der Waals surface area contributed by atoms with Crippen LogP contribution in [0.2, 0.25) is 0 Å². The van der Waals surface area contributed by atoms with E-state index in [0.29, 0.717) is 11.1 Å². The van der Waals surface area contributed by atoms with E-state index in [0.717, 1.165) is 35.8 Å². The molecule has 20 nitrogen and oxygen atoms in total. The molecule has 2 saturated heterocycles. The predicted molar refractivity (Wildman–Crippen MR) is 195 cm³/mol. The highest BCUT2D eigenvalue weighted by Gasteiger charge is 2.34. The van der Waals surface area contributed by atoms with Gasteiger partial charge >= 0.3 is 35.8 Å². The summed E-state index contributed by atoms with van der Waals surface area (Å²) < 4.78 is 30.2. The van der Waals surface area contributed by atoms with E-state index in [9.17, 15) is 47.9 Å². The number of ether oxygens (including phenoxy) is 6. The summed E-state index contributed by atoms with van der Waals surface area (Å²) >= 11 is 0. The summed E-state index contributed by atoms with van der Waals surface area (Å²) in [7, 11) is 0. The van der Waals surface area contributed by atoms with Gasteiger partial charge in [-0.05, 0) is 47.5 Å². The van der Waals surface area contributed by atoms with Gasteiger partial charge < -0.3 is 28.4 Å². The van der Waals surface area contributed by atoms with Crippen molar-refractivity contribution in [1.29, 1.82) is 0 Å². The molecule has 0 bridgehead atoms. The first-order chi connectivity index (χ1) is 27.5. The van der Waals surface area contributed by atoms with Gasteiger partial charge in [-0.3, -0.25) is 48.2 Å². The number of benzene rings is 2. The van der Waals surface area contributed by atoms with Crippen molar-refractivity contribution < 1.29 is 76.4 Å². The second kappa shape index (κ2) is 20.2. The summed E-state index contributed by atoms with van der Waals surface area (Å²) in [6, 6.07) is 8.40. The lowest BCUT2D eigenvalue weighted by molar-refractivity contribution is -0.165. The van der Waals surface area contributed by atoms with Gasteiger partial charge in [-0.15, -0.1) is 0 Å². The largest absolute Gasteiger partial charge is 0.441 e. The minimum absolute atomic E-state index is 0.00540. The number of piperazine rings is 2. The Balaban J connectivity index is 1.20. The van der Waals surface area contributed by atoms with E-state index < -0.39 is 72.9 Å². The average Bonchev–Trinajstić information content (AvgIpc) is 3.12. The van der Waals surface area contributed by atoms with Crippen molar-refractivity contribution >= 4 is 71.6 Å². The maximum Gasteiger partial charge on any atom is 0.332 e. The van der Waals surface area contributed by atoms with Crippen LogP contribution < -0.4 is 18.9 Å². The normalized spacial score (nSPS) is 15.1. The van der Waals surface area contributed by atoms with Gasteiger partial charge in [0.25, 0.3) is 0 Å². The predicted octanol–water partition coefficient (Wildman–Crippen LogP) is 0.457. The molecule has 20 heteroatoms. The summed E-state index contributed by atoms with van der Waals surface area (Å²) in [5.41, 5.74) is 0.757. The molecule has 2 heterocycles. The van der Waals surface area contributed by atoms with Crippen LogP contribution in [0, 0.1) is 0 Å². The third-order valence-corrected chi connectivity index (χ3v) is 7.82. The molecule has 0 unspecified atom stereocenters. The molecule has 0 aromatic heterocycles. The number of hydrogen-bond donors (Lipinski definition) is 0. The van der Waals surface area contributed by atoms with E-state index in [2.05, 4.69) is 0 Å². The Morgan fingerprint density at radius 3 is 1.12 bits per heavy atom. The molecule has 0 atom stereocenters. The van der Waals surface area contributed by atoms with Crippen LogP contribution in [0.1, 0.15) is 38.8 Å². The number of carbonyl (C=O) groups excluding carboxylic acids is 10. The summed E-state index contributed by atoms with van der Waals surface area (Å²) in [4.78, 5) is 126. The second-order valence-electron chi connectivity index (χ2n) is 12.5. The van der Waals surface area contributed by atoms with Crippen LogP contribution in [0.25, 0.3) is 12.2 Å². The highest BCUT2D eigenvalue weighted by molar-refractivity contribution is 6.00. The Kier molecular flexibility index (Phi) is 15.2. The van der Waals surface area contributed by atoms with E-state index in [-0.39, 0.29) is 62.3 Å². The smallest absolute Gasteiger partial charge is 0.332 e. The summed E-state index contributed by atoms with van der Waals surface area (Å²) in [6.45, 7) is 2.81. The fraction of sp³-hybridized carbons (Fsp3) is 0.316. The monoisotopic (exact) mass is 806 g/mol. The van der Waals surface area contributed by atoms with E-state index in [4.69, 9.17) is 28.4 Å². The van der Waals surface area contributed by atoms with Gasteiger partial charge in [0.2, 0.25) is 23.6 Å². The van der Waals surface area contributed by atoms with Crippen LogP contribution in [0.15, 0.2) is 48.6 Å². The van der Waals surface area contributed by atoms with Crippen LogP contribution in [-0.2, 0) is 57.4 Å². The fourth-order valence-corrected chi connectivity index (χ4v) is 5.27. The molecule has 2 fully saturated rings. The third kappa shape index (κ3) is 13.3. The quantitative estimate of drug-likeness (QED) is 0.103. The van der Waals surface area contributed by atoms with Crippen molar-refractivity contribution in [2.45, 2.75) is 27.7 Å². The molecule has 58 heavy (non-hydrogen) atoms. The zero-order valence-corrected chi connectivity index (χ0v) is 31.8. The second-order valence-corrected chi connectivity index (χ2v) is 12.5. The van der Waals surface area contributed by atoms with Crippen LogP contribution in [0.4, 0.5) is 0 Å².